The summed E-state index contributed by atoms with van der Waals surface area (Å²) in [6.07, 6.45) is 2.64. The molecule has 0 aromatic carbocycles. The highest BCUT2D eigenvalue weighted by Crippen LogP contribution is 1.76. The van der Waals surface area contributed by atoms with Crippen LogP contribution in [0.25, 0.3) is 0 Å². The summed E-state index contributed by atoms with van der Waals surface area (Å²) < 4.78 is 0. The summed E-state index contributed by atoms with van der Waals surface area (Å²) in [6, 6.07) is 0. The average molecular weight is 145 g/mol. The third kappa shape index (κ3) is 760. The Bertz CT molecular complexity index is 42.7. The van der Waals surface area contributed by atoms with Gasteiger partial charge in [-0.2, -0.15) is 0 Å². The minimum Gasteiger partial charge on any atom is -0.310 e. The molecule has 1 N–H and O–H groups in total. The topological polar surface area (TPSA) is 23.9 Å². The van der Waals surface area contributed by atoms with Gasteiger partial charge >= 0.3 is 0 Å². The molecule has 0 aliphatic carbocycles. The predicted molar refractivity (Wildman–Crippen MR) is 51.0 cm³/mol. The number of nitrogens with one attached hydrogen (secondary N) is 1. The molecule has 10 heavy (non-hydrogen) atoms. The van der Waals surface area contributed by atoms with Gasteiger partial charge in [0.15, 0.2) is 0 Å². The van der Waals surface area contributed by atoms with Crippen LogP contribution in [0.1, 0.15) is 54.4 Å². The minimum atomic E-state index is 0.667. The van der Waals surface area contributed by atoms with E-state index in [1.165, 1.54) is 12.8 Å². The van der Waals surface area contributed by atoms with Gasteiger partial charge in [0.1, 0.15) is 0 Å². The zero-order valence-corrected chi connectivity index (χ0v) is 8.41. The highest BCUT2D eigenvalue weighted by Gasteiger charge is 1.56. The van der Waals surface area contributed by atoms with Gasteiger partial charge in [0, 0.05) is 5.71 Å². The van der Waals surface area contributed by atoms with Crippen molar-refractivity contribution >= 4 is 5.71 Å². The molecule has 0 aliphatic rings. The zero-order chi connectivity index (χ0) is 8.99. The highest BCUT2D eigenvalue weighted by atomic mass is 14.3. The van der Waals surface area contributed by atoms with Crippen molar-refractivity contribution in [1.29, 1.82) is 5.41 Å². The molecule has 0 fully saturated rings. The molecule has 0 heterocycles. The molecule has 0 spiro atoms. The fourth-order valence-electron chi connectivity index (χ4n) is 0. The van der Waals surface area contributed by atoms with Gasteiger partial charge in [0.05, 0.1) is 0 Å². The first-order chi connectivity index (χ1) is 4.65. The fraction of sp³-hybridized carbons (Fsp3) is 0.889. The molecule has 0 radical (unpaired) electrons. The minimum absolute atomic E-state index is 0.667. The number of hydrogen-bond acceptors (Lipinski definition) is 1. The van der Waals surface area contributed by atoms with Gasteiger partial charge in [-0.1, -0.05) is 40.5 Å². The van der Waals surface area contributed by atoms with E-state index < -0.39 is 0 Å². The lowest BCUT2D eigenvalue weighted by atomic mass is 10.4. The van der Waals surface area contributed by atoms with E-state index >= 15 is 0 Å². The molecular formula is C9H23N. The maximum absolute atomic E-state index is 6.50. The monoisotopic (exact) mass is 145 g/mol. The lowest BCUT2D eigenvalue weighted by molar-refractivity contribution is 0.886. The standard InChI is InChI=1S/C4H10.C3H7N.C2H6/c1-3-4-2;1-3(2)4;1-2/h3-4H2,1-2H3;4H,1-2H3;1-2H3. The van der Waals surface area contributed by atoms with Crippen LogP contribution in [0.2, 0.25) is 0 Å². The smallest absolute Gasteiger partial charge is 0.00272 e. The normalized spacial score (nSPS) is 6.20. The summed E-state index contributed by atoms with van der Waals surface area (Å²) >= 11 is 0. The second-order valence-electron chi connectivity index (χ2n) is 2.00. The molecular weight excluding hydrogens is 122 g/mol. The van der Waals surface area contributed by atoms with Crippen LogP contribution in [0, 0.1) is 5.41 Å². The maximum atomic E-state index is 6.50. The molecule has 0 aromatic heterocycles. The third-order valence-electron chi connectivity index (χ3n) is 0.500. The Hall–Kier alpha value is -0.330. The Morgan fingerprint density at radius 2 is 1.10 bits per heavy atom. The van der Waals surface area contributed by atoms with E-state index in [9.17, 15) is 0 Å². The SMILES string of the molecule is CC.CC(C)=N.CCCC. The lowest BCUT2D eigenvalue weighted by Crippen LogP contribution is -1.67. The molecule has 0 saturated carbocycles. The molecule has 1 nitrogen and oxygen atoms in total. The van der Waals surface area contributed by atoms with Crippen LogP contribution < -0.4 is 0 Å². The molecule has 0 atom stereocenters. The zero-order valence-electron chi connectivity index (χ0n) is 8.41. The molecule has 64 valence electrons. The Labute approximate surface area is 66.4 Å². The largest absolute Gasteiger partial charge is 0.310 e. The van der Waals surface area contributed by atoms with E-state index in [2.05, 4.69) is 13.8 Å². The maximum Gasteiger partial charge on any atom is 0.00272 e. The van der Waals surface area contributed by atoms with Crippen LogP contribution in [0.5, 0.6) is 0 Å². The number of rotatable bonds is 1. The average Bonchev–Trinajstić information content (AvgIpc) is 1.91. The van der Waals surface area contributed by atoms with Crippen LogP contribution in [0.4, 0.5) is 0 Å². The Balaban J connectivity index is -0.0000000787. The van der Waals surface area contributed by atoms with Crippen molar-refractivity contribution in [2.45, 2.75) is 54.4 Å². The van der Waals surface area contributed by atoms with E-state index in [0.717, 1.165) is 0 Å². The first kappa shape index (κ1) is 16.3. The molecule has 0 aliphatic heterocycles. The summed E-state index contributed by atoms with van der Waals surface area (Å²) in [5.41, 5.74) is 0.667. The van der Waals surface area contributed by atoms with E-state index in [-0.39, 0.29) is 0 Å². The molecule has 0 unspecified atom stereocenters. The fourth-order valence-corrected chi connectivity index (χ4v) is 0. The van der Waals surface area contributed by atoms with Crippen LogP contribution in [-0.2, 0) is 0 Å². The van der Waals surface area contributed by atoms with Gasteiger partial charge in [0.2, 0.25) is 0 Å². The summed E-state index contributed by atoms with van der Waals surface area (Å²) in [4.78, 5) is 0. The van der Waals surface area contributed by atoms with Gasteiger partial charge in [-0.15, -0.1) is 0 Å². The highest BCUT2D eigenvalue weighted by molar-refractivity contribution is 5.75. The number of hydrogen-bond donors (Lipinski definition) is 1. The summed E-state index contributed by atoms with van der Waals surface area (Å²) in [5.74, 6) is 0. The molecule has 0 bridgehead atoms. The molecule has 0 rings (SSSR count). The van der Waals surface area contributed by atoms with E-state index in [1.54, 1.807) is 13.8 Å². The van der Waals surface area contributed by atoms with E-state index in [4.69, 9.17) is 5.41 Å². The third-order valence-corrected chi connectivity index (χ3v) is 0.500. The summed E-state index contributed by atoms with van der Waals surface area (Å²) in [6.45, 7) is 11.9. The van der Waals surface area contributed by atoms with Gasteiger partial charge in [-0.05, 0) is 13.8 Å². The van der Waals surface area contributed by atoms with Crippen LogP contribution in [-0.4, -0.2) is 5.71 Å². The molecule has 0 aromatic rings. The first-order valence-electron chi connectivity index (χ1n) is 4.16. The van der Waals surface area contributed by atoms with Gasteiger partial charge < -0.3 is 5.41 Å². The summed E-state index contributed by atoms with van der Waals surface area (Å²) in [5, 5.41) is 6.50. The van der Waals surface area contributed by atoms with Crippen LogP contribution in [0.3, 0.4) is 0 Å². The van der Waals surface area contributed by atoms with Crippen molar-refractivity contribution in [3.05, 3.63) is 0 Å². The van der Waals surface area contributed by atoms with Crippen molar-refractivity contribution in [3.8, 4) is 0 Å². The molecule has 1 heteroatoms. The quantitative estimate of drug-likeness (QED) is 0.541. The second-order valence-corrected chi connectivity index (χ2v) is 2.00. The van der Waals surface area contributed by atoms with Crippen LogP contribution >= 0.6 is 0 Å². The Kier molecular flexibility index (Phi) is 38.2. The molecule has 0 saturated heterocycles. The lowest BCUT2D eigenvalue weighted by Gasteiger charge is -1.68. The second kappa shape index (κ2) is 23.4. The summed E-state index contributed by atoms with van der Waals surface area (Å²) in [7, 11) is 0. The van der Waals surface area contributed by atoms with Gasteiger partial charge in [-0.3, -0.25) is 0 Å². The van der Waals surface area contributed by atoms with Gasteiger partial charge in [-0.25, -0.2) is 0 Å². The van der Waals surface area contributed by atoms with Crippen molar-refractivity contribution in [1.82, 2.24) is 0 Å². The van der Waals surface area contributed by atoms with E-state index in [1.807, 2.05) is 13.8 Å². The number of unbranched alkanes of at least 4 members (excludes halogenated alkanes) is 1. The first-order valence-corrected chi connectivity index (χ1v) is 4.16. The molecule has 0 amide bonds. The van der Waals surface area contributed by atoms with Crippen molar-refractivity contribution in [3.63, 3.8) is 0 Å². The van der Waals surface area contributed by atoms with Crippen molar-refractivity contribution in [2.24, 2.45) is 0 Å². The van der Waals surface area contributed by atoms with Gasteiger partial charge in [0.25, 0.3) is 0 Å². The van der Waals surface area contributed by atoms with Crippen LogP contribution in [0.15, 0.2) is 0 Å². The Morgan fingerprint density at radius 1 is 1.00 bits per heavy atom. The van der Waals surface area contributed by atoms with E-state index in [0.29, 0.717) is 5.71 Å². The van der Waals surface area contributed by atoms with Crippen molar-refractivity contribution < 1.29 is 0 Å². The predicted octanol–water partition coefficient (Wildman–Crippen LogP) is 3.88. The van der Waals surface area contributed by atoms with Crippen molar-refractivity contribution in [2.75, 3.05) is 0 Å². The Morgan fingerprint density at radius 3 is 1.10 bits per heavy atom.